The van der Waals surface area contributed by atoms with Gasteiger partial charge in [0, 0.05) is 24.8 Å². The van der Waals surface area contributed by atoms with Gasteiger partial charge in [0.1, 0.15) is 19.8 Å². The molecule has 8 nitrogen and oxygen atoms in total. The van der Waals surface area contributed by atoms with E-state index in [0.29, 0.717) is 37.0 Å². The SMILES string of the molecule is O=C(Cn1nc(-c2ccc3c(c2)OCCO3)ccc1=O)NC[C@@H]1CCCO1. The van der Waals surface area contributed by atoms with E-state index in [1.807, 2.05) is 18.2 Å². The van der Waals surface area contributed by atoms with Crippen LogP contribution < -0.4 is 20.3 Å². The molecule has 1 amide bonds. The predicted octanol–water partition coefficient (Wildman–Crippen LogP) is 0.977. The number of fused-ring (bicyclic) bond motifs is 1. The summed E-state index contributed by atoms with van der Waals surface area (Å²) in [4.78, 5) is 24.2. The smallest absolute Gasteiger partial charge is 0.267 e. The summed E-state index contributed by atoms with van der Waals surface area (Å²) in [6.45, 7) is 2.07. The molecule has 2 aromatic rings. The summed E-state index contributed by atoms with van der Waals surface area (Å²) in [5, 5.41) is 7.13. The van der Waals surface area contributed by atoms with E-state index in [1.165, 1.54) is 6.07 Å². The van der Waals surface area contributed by atoms with Crippen molar-refractivity contribution in [3.8, 4) is 22.8 Å². The molecule has 27 heavy (non-hydrogen) atoms. The molecule has 0 radical (unpaired) electrons. The highest BCUT2D eigenvalue weighted by molar-refractivity contribution is 5.75. The molecule has 2 aliphatic rings. The predicted molar refractivity (Wildman–Crippen MR) is 96.9 cm³/mol. The van der Waals surface area contributed by atoms with Crippen molar-refractivity contribution >= 4 is 5.91 Å². The molecular weight excluding hydrogens is 350 g/mol. The Morgan fingerprint density at radius 1 is 1.15 bits per heavy atom. The molecule has 8 heteroatoms. The van der Waals surface area contributed by atoms with E-state index in [0.717, 1.165) is 29.7 Å². The van der Waals surface area contributed by atoms with Crippen LogP contribution in [-0.4, -0.2) is 48.2 Å². The molecule has 1 fully saturated rings. The molecule has 1 saturated heterocycles. The Kier molecular flexibility index (Phi) is 5.06. The maximum Gasteiger partial charge on any atom is 0.267 e. The fourth-order valence-corrected chi connectivity index (χ4v) is 3.14. The summed E-state index contributed by atoms with van der Waals surface area (Å²) < 4.78 is 17.7. The molecule has 2 aliphatic heterocycles. The van der Waals surface area contributed by atoms with Crippen LogP contribution in [0.1, 0.15) is 12.8 Å². The van der Waals surface area contributed by atoms with Crippen LogP contribution >= 0.6 is 0 Å². The van der Waals surface area contributed by atoms with Crippen molar-refractivity contribution in [1.29, 1.82) is 0 Å². The Morgan fingerprint density at radius 2 is 2.00 bits per heavy atom. The number of amides is 1. The van der Waals surface area contributed by atoms with Crippen LogP contribution in [0, 0.1) is 0 Å². The van der Waals surface area contributed by atoms with Gasteiger partial charge in [-0.05, 0) is 37.1 Å². The number of hydrogen-bond donors (Lipinski definition) is 1. The topological polar surface area (TPSA) is 91.7 Å². The second-order valence-corrected chi connectivity index (χ2v) is 6.51. The first-order valence-electron chi connectivity index (χ1n) is 9.05. The van der Waals surface area contributed by atoms with Gasteiger partial charge < -0.3 is 19.5 Å². The number of nitrogens with one attached hydrogen (secondary N) is 1. The van der Waals surface area contributed by atoms with Crippen LogP contribution in [-0.2, 0) is 16.1 Å². The van der Waals surface area contributed by atoms with E-state index in [4.69, 9.17) is 14.2 Å². The Morgan fingerprint density at radius 3 is 2.81 bits per heavy atom. The normalized spacial score (nSPS) is 18.3. The lowest BCUT2D eigenvalue weighted by Gasteiger charge is -2.18. The van der Waals surface area contributed by atoms with Crippen molar-refractivity contribution in [2.24, 2.45) is 0 Å². The molecule has 0 unspecified atom stereocenters. The maximum atomic E-state index is 12.2. The largest absolute Gasteiger partial charge is 0.486 e. The van der Waals surface area contributed by atoms with Crippen molar-refractivity contribution in [1.82, 2.24) is 15.1 Å². The molecule has 1 aromatic carbocycles. The van der Waals surface area contributed by atoms with Gasteiger partial charge in [0.2, 0.25) is 5.91 Å². The lowest BCUT2D eigenvalue weighted by atomic mass is 10.1. The van der Waals surface area contributed by atoms with Gasteiger partial charge in [-0.15, -0.1) is 0 Å². The van der Waals surface area contributed by atoms with Crippen LogP contribution in [0.3, 0.4) is 0 Å². The molecule has 0 bridgehead atoms. The Balaban J connectivity index is 1.47. The van der Waals surface area contributed by atoms with E-state index in [2.05, 4.69) is 10.4 Å². The van der Waals surface area contributed by atoms with E-state index in [1.54, 1.807) is 6.07 Å². The minimum atomic E-state index is -0.330. The molecule has 0 aliphatic carbocycles. The number of rotatable bonds is 5. The molecular formula is C19H21N3O5. The second kappa shape index (κ2) is 7.79. The minimum absolute atomic E-state index is 0.0580. The van der Waals surface area contributed by atoms with Crippen molar-refractivity contribution in [3.05, 3.63) is 40.7 Å². The maximum absolute atomic E-state index is 12.2. The summed E-state index contributed by atoms with van der Waals surface area (Å²) in [5.41, 5.74) is 1.04. The molecule has 1 N–H and O–H groups in total. The molecule has 1 aromatic heterocycles. The minimum Gasteiger partial charge on any atom is -0.486 e. The molecule has 0 saturated carbocycles. The summed E-state index contributed by atoms with van der Waals surface area (Å²) in [7, 11) is 0. The molecule has 4 rings (SSSR count). The van der Waals surface area contributed by atoms with Crippen molar-refractivity contribution in [2.75, 3.05) is 26.4 Å². The standard InChI is InChI=1S/C19H21N3O5/c23-18(20-11-14-2-1-7-25-14)12-22-19(24)6-4-15(21-22)13-3-5-16-17(10-13)27-9-8-26-16/h3-6,10,14H,1-2,7-9,11-12H2,(H,20,23)/t14-/m0/s1. The molecule has 0 spiro atoms. The average Bonchev–Trinajstić information content (AvgIpc) is 3.21. The third-order valence-electron chi connectivity index (χ3n) is 4.55. The van der Waals surface area contributed by atoms with Gasteiger partial charge in [0.05, 0.1) is 11.8 Å². The number of ether oxygens (including phenoxy) is 3. The summed E-state index contributed by atoms with van der Waals surface area (Å²) in [6, 6.07) is 8.53. The van der Waals surface area contributed by atoms with E-state index >= 15 is 0 Å². The van der Waals surface area contributed by atoms with Crippen LogP contribution in [0.25, 0.3) is 11.3 Å². The Labute approximate surface area is 156 Å². The summed E-state index contributed by atoms with van der Waals surface area (Å²) >= 11 is 0. The highest BCUT2D eigenvalue weighted by Crippen LogP contribution is 2.33. The average molecular weight is 371 g/mol. The first kappa shape index (κ1) is 17.5. The van der Waals surface area contributed by atoms with Crippen LogP contribution in [0.5, 0.6) is 11.5 Å². The highest BCUT2D eigenvalue weighted by atomic mass is 16.6. The zero-order valence-corrected chi connectivity index (χ0v) is 14.8. The third-order valence-corrected chi connectivity index (χ3v) is 4.55. The van der Waals surface area contributed by atoms with Gasteiger partial charge in [-0.3, -0.25) is 9.59 Å². The summed E-state index contributed by atoms with van der Waals surface area (Å²) in [6.07, 6.45) is 2.01. The fraction of sp³-hybridized carbons (Fsp3) is 0.421. The van der Waals surface area contributed by atoms with Crippen LogP contribution in [0.2, 0.25) is 0 Å². The number of aromatic nitrogens is 2. The monoisotopic (exact) mass is 371 g/mol. The summed E-state index contributed by atoms with van der Waals surface area (Å²) in [5.74, 6) is 1.07. The van der Waals surface area contributed by atoms with Crippen LogP contribution in [0.4, 0.5) is 0 Å². The fourth-order valence-electron chi connectivity index (χ4n) is 3.14. The lowest BCUT2D eigenvalue weighted by molar-refractivity contribution is -0.122. The van der Waals surface area contributed by atoms with E-state index < -0.39 is 0 Å². The van der Waals surface area contributed by atoms with Gasteiger partial charge in [-0.1, -0.05) is 0 Å². The van der Waals surface area contributed by atoms with Gasteiger partial charge in [-0.25, -0.2) is 4.68 Å². The first-order valence-corrected chi connectivity index (χ1v) is 9.05. The van der Waals surface area contributed by atoms with E-state index in [9.17, 15) is 9.59 Å². The Bertz CT molecular complexity index is 889. The third kappa shape index (κ3) is 4.11. The van der Waals surface area contributed by atoms with Crippen molar-refractivity contribution < 1.29 is 19.0 Å². The zero-order chi connectivity index (χ0) is 18.6. The number of benzene rings is 1. The number of carbonyl (C=O) groups is 1. The molecule has 1 atom stereocenters. The van der Waals surface area contributed by atoms with Gasteiger partial charge >= 0.3 is 0 Å². The van der Waals surface area contributed by atoms with Crippen molar-refractivity contribution in [3.63, 3.8) is 0 Å². The first-order chi connectivity index (χ1) is 13.2. The number of carbonyl (C=O) groups excluding carboxylic acids is 1. The van der Waals surface area contributed by atoms with Gasteiger partial charge in [0.25, 0.3) is 5.56 Å². The quantitative estimate of drug-likeness (QED) is 0.842. The lowest BCUT2D eigenvalue weighted by Crippen LogP contribution is -2.37. The molecule has 3 heterocycles. The highest BCUT2D eigenvalue weighted by Gasteiger charge is 2.17. The number of nitrogens with zero attached hydrogens (tertiary/aromatic N) is 2. The Hall–Kier alpha value is -2.87. The second-order valence-electron chi connectivity index (χ2n) is 6.51. The van der Waals surface area contributed by atoms with Crippen LogP contribution in [0.15, 0.2) is 35.1 Å². The van der Waals surface area contributed by atoms with Gasteiger partial charge in [-0.2, -0.15) is 5.10 Å². The van der Waals surface area contributed by atoms with E-state index in [-0.39, 0.29) is 24.1 Å². The number of hydrogen-bond acceptors (Lipinski definition) is 6. The van der Waals surface area contributed by atoms with Crippen molar-refractivity contribution in [2.45, 2.75) is 25.5 Å². The zero-order valence-electron chi connectivity index (χ0n) is 14.8. The van der Waals surface area contributed by atoms with Gasteiger partial charge in [0.15, 0.2) is 11.5 Å². The molecule has 142 valence electrons.